The lowest BCUT2D eigenvalue weighted by molar-refractivity contribution is 0.187. The van der Waals surface area contributed by atoms with Crippen molar-refractivity contribution in [3.8, 4) is 5.75 Å². The summed E-state index contributed by atoms with van der Waals surface area (Å²) in [6, 6.07) is 8.77. The standard InChI is InChI=1S/C23H39N5O/c1-4-27-15-11-19(12-16-27)10-13-25-23(24-2)26-20-7-6-14-28(18-20)21-8-5-9-22(17-21)29-3/h5,8-9,17,19-20H,4,6-7,10-16,18H2,1-3H3,(H2,24,25,26). The lowest BCUT2D eigenvalue weighted by Crippen LogP contribution is -2.51. The summed E-state index contributed by atoms with van der Waals surface area (Å²) >= 11 is 0. The van der Waals surface area contributed by atoms with Crippen molar-refractivity contribution >= 4 is 11.6 Å². The Labute approximate surface area is 176 Å². The molecule has 2 aliphatic rings. The van der Waals surface area contributed by atoms with E-state index in [1.165, 1.54) is 57.4 Å². The number of ether oxygens (including phenoxy) is 1. The molecule has 1 aromatic carbocycles. The number of hydrogen-bond donors (Lipinski definition) is 2. The topological polar surface area (TPSA) is 52.1 Å². The number of piperidine rings is 2. The van der Waals surface area contributed by atoms with Crippen molar-refractivity contribution in [3.63, 3.8) is 0 Å². The van der Waals surface area contributed by atoms with Gasteiger partial charge in [-0.2, -0.15) is 0 Å². The zero-order chi connectivity index (χ0) is 20.5. The third-order valence-corrected chi connectivity index (χ3v) is 6.40. The van der Waals surface area contributed by atoms with E-state index in [0.717, 1.165) is 37.3 Å². The van der Waals surface area contributed by atoms with E-state index in [-0.39, 0.29) is 0 Å². The molecule has 2 N–H and O–H groups in total. The van der Waals surface area contributed by atoms with Crippen molar-refractivity contribution in [2.24, 2.45) is 10.9 Å². The Morgan fingerprint density at radius 2 is 2.03 bits per heavy atom. The van der Waals surface area contributed by atoms with Crippen LogP contribution in [0.3, 0.4) is 0 Å². The van der Waals surface area contributed by atoms with Crippen LogP contribution in [0.1, 0.15) is 39.0 Å². The fourth-order valence-electron chi connectivity index (χ4n) is 4.51. The third kappa shape index (κ3) is 6.53. The maximum Gasteiger partial charge on any atom is 0.191 e. The molecule has 6 nitrogen and oxygen atoms in total. The molecule has 0 radical (unpaired) electrons. The number of guanidine groups is 1. The van der Waals surface area contributed by atoms with Crippen molar-refractivity contribution < 1.29 is 4.74 Å². The second-order valence-corrected chi connectivity index (χ2v) is 8.30. The average molecular weight is 402 g/mol. The van der Waals surface area contributed by atoms with Gasteiger partial charge < -0.3 is 25.2 Å². The highest BCUT2D eigenvalue weighted by Crippen LogP contribution is 2.24. The van der Waals surface area contributed by atoms with Crippen molar-refractivity contribution in [2.75, 3.05) is 58.3 Å². The van der Waals surface area contributed by atoms with Gasteiger partial charge in [-0.25, -0.2) is 0 Å². The van der Waals surface area contributed by atoms with Crippen LogP contribution in [-0.4, -0.2) is 70.3 Å². The van der Waals surface area contributed by atoms with Gasteiger partial charge in [0.15, 0.2) is 5.96 Å². The van der Waals surface area contributed by atoms with Gasteiger partial charge in [-0.15, -0.1) is 0 Å². The lowest BCUT2D eigenvalue weighted by Gasteiger charge is -2.35. The first-order valence-corrected chi connectivity index (χ1v) is 11.3. The molecule has 0 aliphatic carbocycles. The fraction of sp³-hybridized carbons (Fsp3) is 0.696. The molecule has 2 fully saturated rings. The minimum absolute atomic E-state index is 0.411. The zero-order valence-electron chi connectivity index (χ0n) is 18.5. The maximum atomic E-state index is 5.39. The van der Waals surface area contributed by atoms with E-state index in [1.807, 2.05) is 13.1 Å². The number of benzene rings is 1. The summed E-state index contributed by atoms with van der Waals surface area (Å²) in [4.78, 5) is 9.46. The van der Waals surface area contributed by atoms with Gasteiger partial charge in [-0.05, 0) is 69.8 Å². The summed E-state index contributed by atoms with van der Waals surface area (Å²) in [6.45, 7) is 9.06. The molecular formula is C23H39N5O. The monoisotopic (exact) mass is 401 g/mol. The molecule has 1 atom stereocenters. The number of anilines is 1. The van der Waals surface area contributed by atoms with Crippen molar-refractivity contribution in [2.45, 2.75) is 45.1 Å². The van der Waals surface area contributed by atoms with E-state index in [1.54, 1.807) is 7.11 Å². The maximum absolute atomic E-state index is 5.39. The molecule has 6 heteroatoms. The van der Waals surface area contributed by atoms with E-state index in [9.17, 15) is 0 Å². The molecule has 0 bridgehead atoms. The number of methoxy groups -OCH3 is 1. The minimum atomic E-state index is 0.411. The number of nitrogens with one attached hydrogen (secondary N) is 2. The lowest BCUT2D eigenvalue weighted by atomic mass is 9.93. The van der Waals surface area contributed by atoms with E-state index < -0.39 is 0 Å². The molecule has 1 unspecified atom stereocenters. The van der Waals surface area contributed by atoms with E-state index in [4.69, 9.17) is 4.74 Å². The van der Waals surface area contributed by atoms with Gasteiger partial charge in [-0.1, -0.05) is 13.0 Å². The summed E-state index contributed by atoms with van der Waals surface area (Å²) in [6.07, 6.45) is 6.26. The highest BCUT2D eigenvalue weighted by atomic mass is 16.5. The first kappa shape index (κ1) is 21.8. The van der Waals surface area contributed by atoms with Crippen molar-refractivity contribution in [3.05, 3.63) is 24.3 Å². The molecule has 0 spiro atoms. The Balaban J connectivity index is 1.43. The highest BCUT2D eigenvalue weighted by molar-refractivity contribution is 5.80. The van der Waals surface area contributed by atoms with Crippen LogP contribution in [0.4, 0.5) is 5.69 Å². The average Bonchev–Trinajstić information content (AvgIpc) is 2.79. The van der Waals surface area contributed by atoms with Gasteiger partial charge in [0.05, 0.1) is 7.11 Å². The second-order valence-electron chi connectivity index (χ2n) is 8.30. The minimum Gasteiger partial charge on any atom is -0.497 e. The number of nitrogens with zero attached hydrogens (tertiary/aromatic N) is 3. The quantitative estimate of drug-likeness (QED) is 0.543. The van der Waals surface area contributed by atoms with Gasteiger partial charge in [0.1, 0.15) is 5.75 Å². The summed E-state index contributed by atoms with van der Waals surface area (Å²) in [5.41, 5.74) is 1.23. The molecule has 0 saturated carbocycles. The Kier molecular flexibility index (Phi) is 8.47. The van der Waals surface area contributed by atoms with Crippen LogP contribution in [0.25, 0.3) is 0 Å². The Morgan fingerprint density at radius 1 is 1.21 bits per heavy atom. The molecular weight excluding hydrogens is 362 g/mol. The number of aliphatic imine (C=N–C) groups is 1. The highest BCUT2D eigenvalue weighted by Gasteiger charge is 2.22. The Bertz CT molecular complexity index is 642. The largest absolute Gasteiger partial charge is 0.497 e. The van der Waals surface area contributed by atoms with Gasteiger partial charge in [0, 0.05) is 44.5 Å². The SMILES string of the molecule is CCN1CCC(CCNC(=NC)NC2CCCN(c3cccc(OC)c3)C2)CC1. The van der Waals surface area contributed by atoms with E-state index in [2.05, 4.69) is 50.5 Å². The van der Waals surface area contributed by atoms with Crippen LogP contribution in [0.5, 0.6) is 5.75 Å². The van der Waals surface area contributed by atoms with Crippen molar-refractivity contribution in [1.29, 1.82) is 0 Å². The Morgan fingerprint density at radius 3 is 2.76 bits per heavy atom. The van der Waals surface area contributed by atoms with Gasteiger partial charge >= 0.3 is 0 Å². The molecule has 0 amide bonds. The summed E-state index contributed by atoms with van der Waals surface area (Å²) in [7, 11) is 3.60. The van der Waals surface area contributed by atoms with Gasteiger partial charge in [0.2, 0.25) is 0 Å². The second kappa shape index (κ2) is 11.3. The summed E-state index contributed by atoms with van der Waals surface area (Å²) in [5, 5.41) is 7.19. The van der Waals surface area contributed by atoms with E-state index >= 15 is 0 Å². The predicted octanol–water partition coefficient (Wildman–Crippen LogP) is 2.95. The van der Waals surface area contributed by atoms with Crippen LogP contribution in [0.2, 0.25) is 0 Å². The molecule has 29 heavy (non-hydrogen) atoms. The molecule has 0 aromatic heterocycles. The molecule has 2 heterocycles. The summed E-state index contributed by atoms with van der Waals surface area (Å²) < 4.78 is 5.39. The number of rotatable bonds is 7. The van der Waals surface area contributed by atoms with Crippen LogP contribution < -0.4 is 20.3 Å². The Hall–Kier alpha value is -1.95. The molecule has 1 aromatic rings. The van der Waals surface area contributed by atoms with Crippen LogP contribution in [0, 0.1) is 5.92 Å². The zero-order valence-corrected chi connectivity index (χ0v) is 18.5. The van der Waals surface area contributed by atoms with E-state index in [0.29, 0.717) is 6.04 Å². The molecule has 2 aliphatic heterocycles. The predicted molar refractivity (Wildman–Crippen MR) is 122 cm³/mol. The summed E-state index contributed by atoms with van der Waals surface area (Å²) in [5.74, 6) is 2.70. The fourth-order valence-corrected chi connectivity index (χ4v) is 4.51. The third-order valence-electron chi connectivity index (χ3n) is 6.40. The number of likely N-dealkylation sites (tertiary alicyclic amines) is 1. The molecule has 162 valence electrons. The molecule has 2 saturated heterocycles. The van der Waals surface area contributed by atoms with Crippen molar-refractivity contribution in [1.82, 2.24) is 15.5 Å². The van der Waals surface area contributed by atoms with Crippen LogP contribution >= 0.6 is 0 Å². The smallest absolute Gasteiger partial charge is 0.191 e. The van der Waals surface area contributed by atoms with Crippen LogP contribution in [0.15, 0.2) is 29.3 Å². The van der Waals surface area contributed by atoms with Gasteiger partial charge in [-0.3, -0.25) is 4.99 Å². The van der Waals surface area contributed by atoms with Crippen LogP contribution in [-0.2, 0) is 0 Å². The van der Waals surface area contributed by atoms with Gasteiger partial charge in [0.25, 0.3) is 0 Å². The first-order valence-electron chi connectivity index (χ1n) is 11.3. The normalized spacial score (nSPS) is 21.8. The first-order chi connectivity index (χ1) is 14.2. The molecule has 3 rings (SSSR count). The number of hydrogen-bond acceptors (Lipinski definition) is 4.